The average Bonchev–Trinajstić information content (AvgIpc) is 2.56. The Bertz CT molecular complexity index is 581. The van der Waals surface area contributed by atoms with Gasteiger partial charge in [-0.1, -0.05) is 54.6 Å². The van der Waals surface area contributed by atoms with Gasteiger partial charge in [0.15, 0.2) is 0 Å². The molecule has 0 nitrogen and oxygen atoms in total. The third-order valence-corrected chi connectivity index (χ3v) is 6.83. The average molecular weight is 338 g/mol. The van der Waals surface area contributed by atoms with Crippen LogP contribution >= 0.6 is 7.14 Å². The summed E-state index contributed by atoms with van der Waals surface area (Å²) in [4.78, 5) is 0. The van der Waals surface area contributed by atoms with Crippen molar-refractivity contribution < 1.29 is 18.5 Å². The van der Waals surface area contributed by atoms with E-state index in [2.05, 4.69) is 72.8 Å². The molecule has 3 heteroatoms. The molecule has 0 saturated heterocycles. The van der Waals surface area contributed by atoms with Gasteiger partial charge in [-0.2, -0.15) is 0 Å². The van der Waals surface area contributed by atoms with Gasteiger partial charge in [-0.15, -0.1) is 0 Å². The van der Waals surface area contributed by atoms with Gasteiger partial charge in [0.05, 0.1) is 23.1 Å². The van der Waals surface area contributed by atoms with Crippen molar-refractivity contribution >= 4 is 30.6 Å². The number of hydrogen-bond acceptors (Lipinski definition) is 0. The predicted octanol–water partition coefficient (Wildman–Crippen LogP) is 3.17. The van der Waals surface area contributed by atoms with Gasteiger partial charge in [-0.25, -0.2) is 0 Å². The molecular weight excluding hydrogens is 322 g/mol. The molecule has 3 aromatic carbocycles. The molecule has 0 N–H and O–H groups in total. The molecule has 0 bridgehead atoms. The number of hydrogen-bond donors (Lipinski definition) is 0. The maximum absolute atomic E-state index is 6.97. The monoisotopic (exact) mass is 337 g/mol. The molecular formula is C18H16BCuP+2. The van der Waals surface area contributed by atoms with Crippen LogP contribution in [0, 0.1) is 0 Å². The minimum atomic E-state index is -2.03. The van der Waals surface area contributed by atoms with Crippen molar-refractivity contribution in [1.29, 1.82) is 0 Å². The molecule has 3 radical (unpaired) electrons. The largest absolute Gasteiger partial charge is 1.00 e. The second-order valence-electron chi connectivity index (χ2n) is 4.73. The SMILES string of the molecule is [B][P+](c1ccccc1)(c1ccccc1)c1ccccc1.[Cu].[H+]. The maximum Gasteiger partial charge on any atom is 1.00 e. The van der Waals surface area contributed by atoms with Gasteiger partial charge in [0.1, 0.15) is 0 Å². The van der Waals surface area contributed by atoms with E-state index in [4.69, 9.17) is 7.57 Å². The second-order valence-corrected chi connectivity index (χ2v) is 7.72. The Kier molecular flexibility index (Phi) is 5.42. The Hall–Kier alpha value is -1.33. The Labute approximate surface area is 140 Å². The van der Waals surface area contributed by atoms with Crippen LogP contribution in [0.25, 0.3) is 0 Å². The first-order valence-electron chi connectivity index (χ1n) is 6.66. The normalized spacial score (nSPS) is 10.7. The Morgan fingerprint density at radius 1 is 0.524 bits per heavy atom. The van der Waals surface area contributed by atoms with E-state index in [0.29, 0.717) is 0 Å². The van der Waals surface area contributed by atoms with Crippen molar-refractivity contribution in [1.82, 2.24) is 0 Å². The van der Waals surface area contributed by atoms with E-state index in [0.717, 1.165) is 0 Å². The van der Waals surface area contributed by atoms with Crippen LogP contribution in [0.5, 0.6) is 0 Å². The summed E-state index contributed by atoms with van der Waals surface area (Å²) in [5.41, 5.74) is 0. The molecule has 0 aliphatic rings. The van der Waals surface area contributed by atoms with Gasteiger partial charge in [-0.3, -0.25) is 0 Å². The summed E-state index contributed by atoms with van der Waals surface area (Å²) in [7, 11) is 4.95. The molecule has 0 aromatic heterocycles. The topological polar surface area (TPSA) is 0 Å². The standard InChI is InChI=1S/C18H15BP.Cu/c19-20(16-10-4-1-5-11-16,17-12-6-2-7-13-17)18-14-8-3-9-15-18;/h1-15H;/q+1;/p+1. The molecule has 0 amide bonds. The fourth-order valence-corrected chi connectivity index (χ4v) is 5.26. The van der Waals surface area contributed by atoms with Gasteiger partial charge < -0.3 is 0 Å². The Morgan fingerprint density at radius 2 is 0.762 bits per heavy atom. The van der Waals surface area contributed by atoms with Crippen LogP contribution in [-0.2, 0) is 17.1 Å². The first-order valence-corrected chi connectivity index (χ1v) is 8.52. The summed E-state index contributed by atoms with van der Waals surface area (Å²) < 4.78 is 0. The van der Waals surface area contributed by atoms with Crippen molar-refractivity contribution in [3.05, 3.63) is 91.0 Å². The molecule has 0 saturated carbocycles. The minimum Gasteiger partial charge on any atom is -0.0620 e. The molecule has 0 heterocycles. The van der Waals surface area contributed by atoms with E-state index in [1.54, 1.807) is 0 Å². The molecule has 21 heavy (non-hydrogen) atoms. The molecule has 0 atom stereocenters. The number of benzene rings is 3. The molecule has 0 unspecified atom stereocenters. The van der Waals surface area contributed by atoms with Crippen molar-refractivity contribution in [3.8, 4) is 0 Å². The Balaban J connectivity index is 0.00000121. The quantitative estimate of drug-likeness (QED) is 0.509. The predicted molar refractivity (Wildman–Crippen MR) is 92.0 cm³/mol. The summed E-state index contributed by atoms with van der Waals surface area (Å²) in [5.74, 6) is 0. The van der Waals surface area contributed by atoms with E-state index >= 15 is 0 Å². The van der Waals surface area contributed by atoms with Crippen LogP contribution in [-0.4, -0.2) is 7.57 Å². The first-order chi connectivity index (χ1) is 9.82. The molecule has 0 fully saturated rings. The van der Waals surface area contributed by atoms with Crippen molar-refractivity contribution in [2.24, 2.45) is 0 Å². The van der Waals surface area contributed by atoms with Crippen molar-refractivity contribution in [2.75, 3.05) is 0 Å². The third-order valence-electron chi connectivity index (χ3n) is 3.49. The van der Waals surface area contributed by atoms with Crippen LogP contribution in [0.4, 0.5) is 0 Å². The van der Waals surface area contributed by atoms with Gasteiger partial charge in [0.2, 0.25) is 0 Å². The smallest absolute Gasteiger partial charge is 0.0620 e. The van der Waals surface area contributed by atoms with Crippen LogP contribution < -0.4 is 15.9 Å². The molecule has 3 rings (SSSR count). The first kappa shape index (κ1) is 16.1. The van der Waals surface area contributed by atoms with Crippen LogP contribution in [0.3, 0.4) is 0 Å². The van der Waals surface area contributed by atoms with Crippen LogP contribution in [0.2, 0.25) is 0 Å². The molecule has 3 aromatic rings. The van der Waals surface area contributed by atoms with Gasteiger partial charge in [-0.05, 0) is 36.4 Å². The molecule has 0 aliphatic carbocycles. The minimum absolute atomic E-state index is 0. The van der Waals surface area contributed by atoms with Crippen molar-refractivity contribution in [2.45, 2.75) is 0 Å². The Morgan fingerprint density at radius 3 is 1.00 bits per heavy atom. The van der Waals surface area contributed by atoms with E-state index in [1.807, 2.05) is 18.2 Å². The molecule has 105 valence electrons. The van der Waals surface area contributed by atoms with Crippen LogP contribution in [0.15, 0.2) is 91.0 Å². The van der Waals surface area contributed by atoms with Crippen molar-refractivity contribution in [3.63, 3.8) is 0 Å². The van der Waals surface area contributed by atoms with Crippen LogP contribution in [0.1, 0.15) is 1.43 Å². The third kappa shape index (κ3) is 3.14. The summed E-state index contributed by atoms with van der Waals surface area (Å²) in [6, 6.07) is 31.2. The fraction of sp³-hybridized carbons (Fsp3) is 0. The summed E-state index contributed by atoms with van der Waals surface area (Å²) >= 11 is 0. The van der Waals surface area contributed by atoms with Gasteiger partial charge in [0, 0.05) is 17.1 Å². The summed E-state index contributed by atoms with van der Waals surface area (Å²) in [5, 5.41) is 3.62. The van der Waals surface area contributed by atoms with E-state index in [1.165, 1.54) is 15.9 Å². The summed E-state index contributed by atoms with van der Waals surface area (Å²) in [6.45, 7) is 0. The molecule has 0 spiro atoms. The zero-order valence-electron chi connectivity index (χ0n) is 12.5. The molecule has 0 aliphatic heterocycles. The van der Waals surface area contributed by atoms with Gasteiger partial charge in [0.25, 0.3) is 0 Å². The fourth-order valence-electron chi connectivity index (χ4n) is 2.44. The zero-order valence-corrected chi connectivity index (χ0v) is 13.3. The van der Waals surface area contributed by atoms with E-state index in [-0.39, 0.29) is 18.5 Å². The van der Waals surface area contributed by atoms with E-state index < -0.39 is 7.14 Å². The number of rotatable bonds is 3. The second kappa shape index (κ2) is 7.09. The van der Waals surface area contributed by atoms with E-state index in [9.17, 15) is 0 Å². The maximum atomic E-state index is 6.97. The van der Waals surface area contributed by atoms with Gasteiger partial charge >= 0.3 is 8.99 Å². The zero-order chi connectivity index (χ0) is 13.8. The summed E-state index contributed by atoms with van der Waals surface area (Å²) in [6.07, 6.45) is 0.